The Balaban J connectivity index is 2.23. The van der Waals surface area contributed by atoms with Crippen LogP contribution in [-0.4, -0.2) is 0 Å². The molecule has 1 unspecified atom stereocenters. The molecule has 0 aliphatic rings. The summed E-state index contributed by atoms with van der Waals surface area (Å²) in [6, 6.07) is 8.54. The Hall–Kier alpha value is -0.640. The first kappa shape index (κ1) is 9.90. The van der Waals surface area contributed by atoms with Crippen LogP contribution >= 0.6 is 22.7 Å². The molecular weight excluding hydrogens is 210 g/mol. The lowest BCUT2D eigenvalue weighted by molar-refractivity contribution is 0.917. The maximum Gasteiger partial charge on any atom is 0.0740 e. The molecule has 2 rings (SSSR count). The first-order valence-electron chi connectivity index (χ1n) is 4.69. The quantitative estimate of drug-likeness (QED) is 0.847. The fraction of sp³-hybridized carbons (Fsp3) is 0.273. The maximum atomic E-state index is 6.15. The van der Waals surface area contributed by atoms with Gasteiger partial charge in [0.2, 0.25) is 0 Å². The summed E-state index contributed by atoms with van der Waals surface area (Å²) in [5, 5.41) is 2.07. The Labute approximate surface area is 92.2 Å². The summed E-state index contributed by atoms with van der Waals surface area (Å²) in [5.74, 6) is 0. The highest BCUT2D eigenvalue weighted by atomic mass is 32.1. The van der Waals surface area contributed by atoms with Crippen molar-refractivity contribution < 1.29 is 0 Å². The Bertz CT molecular complexity index is 389. The monoisotopic (exact) mass is 223 g/mol. The van der Waals surface area contributed by atoms with E-state index in [9.17, 15) is 0 Å². The normalized spacial score (nSPS) is 13.0. The molecule has 2 aromatic rings. The van der Waals surface area contributed by atoms with Crippen molar-refractivity contribution in [2.45, 2.75) is 19.4 Å². The van der Waals surface area contributed by atoms with Crippen LogP contribution in [0, 0.1) is 0 Å². The fourth-order valence-electron chi connectivity index (χ4n) is 1.36. The summed E-state index contributed by atoms with van der Waals surface area (Å²) in [6.45, 7) is 2.17. The zero-order valence-corrected chi connectivity index (χ0v) is 9.70. The van der Waals surface area contributed by atoms with Crippen molar-refractivity contribution in [3.63, 3.8) is 0 Å². The first-order valence-corrected chi connectivity index (χ1v) is 6.38. The molecule has 1 nitrogen and oxygen atoms in total. The Morgan fingerprint density at radius 2 is 2.14 bits per heavy atom. The molecular formula is C11H13NS2. The molecule has 0 saturated carbocycles. The molecule has 0 spiro atoms. The van der Waals surface area contributed by atoms with Gasteiger partial charge < -0.3 is 5.73 Å². The Kier molecular flexibility index (Phi) is 3.01. The van der Waals surface area contributed by atoms with Crippen LogP contribution in [0.3, 0.4) is 0 Å². The van der Waals surface area contributed by atoms with E-state index in [1.54, 1.807) is 11.3 Å². The topological polar surface area (TPSA) is 26.0 Å². The van der Waals surface area contributed by atoms with Crippen molar-refractivity contribution in [3.8, 4) is 0 Å². The summed E-state index contributed by atoms with van der Waals surface area (Å²) < 4.78 is 0. The molecule has 2 aromatic heterocycles. The second kappa shape index (κ2) is 4.26. The fourth-order valence-corrected chi connectivity index (χ4v) is 3.15. The molecule has 0 aliphatic carbocycles. The van der Waals surface area contributed by atoms with E-state index >= 15 is 0 Å². The van der Waals surface area contributed by atoms with E-state index in [-0.39, 0.29) is 6.04 Å². The zero-order chi connectivity index (χ0) is 9.97. The molecule has 0 aliphatic heterocycles. The van der Waals surface area contributed by atoms with Gasteiger partial charge in [-0.25, -0.2) is 0 Å². The van der Waals surface area contributed by atoms with Crippen LogP contribution in [0.25, 0.3) is 0 Å². The predicted octanol–water partition coefficient (Wildman–Crippen LogP) is 3.42. The van der Waals surface area contributed by atoms with Crippen LogP contribution in [-0.2, 0) is 6.42 Å². The SMILES string of the molecule is CCc1ccc(C(N)c2cccs2)s1. The summed E-state index contributed by atoms with van der Waals surface area (Å²) in [4.78, 5) is 3.92. The molecule has 0 aromatic carbocycles. The van der Waals surface area contributed by atoms with Crippen LogP contribution in [0.1, 0.15) is 27.6 Å². The van der Waals surface area contributed by atoms with Gasteiger partial charge in [0.1, 0.15) is 0 Å². The largest absolute Gasteiger partial charge is 0.319 e. The summed E-state index contributed by atoms with van der Waals surface area (Å²) in [6.07, 6.45) is 1.10. The van der Waals surface area contributed by atoms with E-state index in [4.69, 9.17) is 5.73 Å². The van der Waals surface area contributed by atoms with E-state index in [1.807, 2.05) is 17.4 Å². The summed E-state index contributed by atoms with van der Waals surface area (Å²) >= 11 is 3.55. The standard InChI is InChI=1S/C11H13NS2/c1-2-8-5-6-10(14-8)11(12)9-4-3-7-13-9/h3-7,11H,2,12H2,1H3. The molecule has 1 atom stereocenters. The van der Waals surface area contributed by atoms with Gasteiger partial charge in [0.05, 0.1) is 6.04 Å². The Morgan fingerprint density at radius 3 is 2.71 bits per heavy atom. The van der Waals surface area contributed by atoms with Gasteiger partial charge in [-0.2, -0.15) is 0 Å². The van der Waals surface area contributed by atoms with Crippen molar-refractivity contribution in [2.75, 3.05) is 0 Å². The van der Waals surface area contributed by atoms with E-state index in [1.165, 1.54) is 14.6 Å². The summed E-state index contributed by atoms with van der Waals surface area (Å²) in [5.41, 5.74) is 6.15. The van der Waals surface area contributed by atoms with Gasteiger partial charge in [0.15, 0.2) is 0 Å². The van der Waals surface area contributed by atoms with Gasteiger partial charge >= 0.3 is 0 Å². The zero-order valence-electron chi connectivity index (χ0n) is 8.07. The lowest BCUT2D eigenvalue weighted by Gasteiger charge is -2.05. The highest BCUT2D eigenvalue weighted by Gasteiger charge is 2.11. The minimum absolute atomic E-state index is 0.0697. The van der Waals surface area contributed by atoms with Crippen LogP contribution in [0.4, 0.5) is 0 Å². The average molecular weight is 223 g/mol. The molecule has 3 heteroatoms. The van der Waals surface area contributed by atoms with Crippen molar-refractivity contribution in [2.24, 2.45) is 5.73 Å². The third kappa shape index (κ3) is 1.90. The molecule has 0 saturated heterocycles. The highest BCUT2D eigenvalue weighted by Crippen LogP contribution is 2.29. The van der Waals surface area contributed by atoms with Gasteiger partial charge in [0.25, 0.3) is 0 Å². The summed E-state index contributed by atoms with van der Waals surface area (Å²) in [7, 11) is 0. The maximum absolute atomic E-state index is 6.15. The molecule has 0 bridgehead atoms. The lowest BCUT2D eigenvalue weighted by atomic mass is 10.2. The third-order valence-corrected chi connectivity index (χ3v) is 4.46. The van der Waals surface area contributed by atoms with E-state index in [0.717, 1.165) is 6.42 Å². The van der Waals surface area contributed by atoms with Crippen LogP contribution < -0.4 is 5.73 Å². The van der Waals surface area contributed by atoms with Crippen LogP contribution in [0.2, 0.25) is 0 Å². The van der Waals surface area contributed by atoms with Crippen LogP contribution in [0.15, 0.2) is 29.6 Å². The van der Waals surface area contributed by atoms with Gasteiger partial charge in [-0.15, -0.1) is 22.7 Å². The highest BCUT2D eigenvalue weighted by molar-refractivity contribution is 7.13. The number of nitrogens with two attached hydrogens (primary N) is 1. The van der Waals surface area contributed by atoms with E-state index < -0.39 is 0 Å². The molecule has 0 radical (unpaired) electrons. The average Bonchev–Trinajstić information content (AvgIpc) is 2.88. The first-order chi connectivity index (χ1) is 6.81. The van der Waals surface area contributed by atoms with Crippen molar-refractivity contribution in [3.05, 3.63) is 44.3 Å². The minimum Gasteiger partial charge on any atom is -0.319 e. The van der Waals surface area contributed by atoms with Crippen molar-refractivity contribution in [1.29, 1.82) is 0 Å². The van der Waals surface area contributed by atoms with Crippen molar-refractivity contribution in [1.82, 2.24) is 0 Å². The molecule has 0 fully saturated rings. The predicted molar refractivity (Wildman–Crippen MR) is 64.0 cm³/mol. The smallest absolute Gasteiger partial charge is 0.0740 e. The Morgan fingerprint density at radius 1 is 1.29 bits per heavy atom. The van der Waals surface area contributed by atoms with Gasteiger partial charge in [-0.05, 0) is 30.0 Å². The molecule has 2 N–H and O–H groups in total. The second-order valence-corrected chi connectivity index (χ2v) is 5.33. The molecule has 74 valence electrons. The molecule has 0 amide bonds. The third-order valence-electron chi connectivity index (χ3n) is 2.19. The van der Waals surface area contributed by atoms with E-state index in [0.29, 0.717) is 0 Å². The number of thiophene rings is 2. The van der Waals surface area contributed by atoms with Gasteiger partial charge in [0, 0.05) is 14.6 Å². The minimum atomic E-state index is 0.0697. The van der Waals surface area contributed by atoms with Gasteiger partial charge in [-0.1, -0.05) is 13.0 Å². The number of hydrogen-bond acceptors (Lipinski definition) is 3. The number of hydrogen-bond donors (Lipinski definition) is 1. The van der Waals surface area contributed by atoms with Gasteiger partial charge in [-0.3, -0.25) is 0 Å². The second-order valence-electron chi connectivity index (χ2n) is 3.15. The molecule has 2 heterocycles. The van der Waals surface area contributed by atoms with Crippen molar-refractivity contribution >= 4 is 22.7 Å². The number of aryl methyl sites for hydroxylation is 1. The van der Waals surface area contributed by atoms with Crippen LogP contribution in [0.5, 0.6) is 0 Å². The molecule has 14 heavy (non-hydrogen) atoms. The lowest BCUT2D eigenvalue weighted by Crippen LogP contribution is -2.07. The number of rotatable bonds is 3. The van der Waals surface area contributed by atoms with E-state index in [2.05, 4.69) is 30.5 Å².